The van der Waals surface area contributed by atoms with Gasteiger partial charge in [-0.25, -0.2) is 9.78 Å². The van der Waals surface area contributed by atoms with Crippen LogP contribution in [-0.4, -0.2) is 25.4 Å². The summed E-state index contributed by atoms with van der Waals surface area (Å²) in [5.41, 5.74) is 1.99. The average Bonchev–Trinajstić information content (AvgIpc) is 2.99. The molecule has 9 heteroatoms. The zero-order chi connectivity index (χ0) is 19.0. The number of hydrogen-bond donors (Lipinski definition) is 2. The van der Waals surface area contributed by atoms with Crippen LogP contribution in [0.5, 0.6) is 0 Å². The highest BCUT2D eigenvalue weighted by Crippen LogP contribution is 2.46. The van der Waals surface area contributed by atoms with E-state index in [1.165, 1.54) is 6.07 Å². The first kappa shape index (κ1) is 17.7. The summed E-state index contributed by atoms with van der Waals surface area (Å²) in [7, 11) is 0. The van der Waals surface area contributed by atoms with Gasteiger partial charge in [0.1, 0.15) is 10.8 Å². The second-order valence-electron chi connectivity index (χ2n) is 5.90. The van der Waals surface area contributed by atoms with Crippen molar-refractivity contribution in [2.45, 2.75) is 26.7 Å². The third kappa shape index (κ3) is 2.97. The van der Waals surface area contributed by atoms with Crippen LogP contribution < -0.4 is 5.32 Å². The summed E-state index contributed by atoms with van der Waals surface area (Å²) < 4.78 is 4.17. The number of carboxylic acid groups (broad SMARTS) is 1. The summed E-state index contributed by atoms with van der Waals surface area (Å²) in [6.45, 7) is 5.19. The second kappa shape index (κ2) is 6.68. The van der Waals surface area contributed by atoms with E-state index in [4.69, 9.17) is 0 Å². The number of hydrogen-bond acceptors (Lipinski definition) is 7. The highest BCUT2D eigenvalue weighted by atomic mass is 32.1. The molecule has 8 nitrogen and oxygen atoms in total. The Bertz CT molecular complexity index is 977. The van der Waals surface area contributed by atoms with Crippen molar-refractivity contribution in [1.82, 2.24) is 14.7 Å². The lowest BCUT2D eigenvalue weighted by molar-refractivity contribution is -0.385. The van der Waals surface area contributed by atoms with Crippen molar-refractivity contribution in [3.8, 4) is 0 Å². The lowest BCUT2D eigenvalue weighted by Gasteiger charge is -2.29. The van der Waals surface area contributed by atoms with E-state index in [9.17, 15) is 20.0 Å². The molecule has 3 rings (SSSR count). The SMILES string of the molecule is CC1=C(C(=O)O)C(c2ccccc2[N+](=O)[O-])C(c2nc(C)ns2)=C(C)N1. The minimum Gasteiger partial charge on any atom is -0.478 e. The van der Waals surface area contributed by atoms with Gasteiger partial charge >= 0.3 is 5.97 Å². The summed E-state index contributed by atoms with van der Waals surface area (Å²) in [5, 5.41) is 24.9. The van der Waals surface area contributed by atoms with Crippen LogP contribution in [0.25, 0.3) is 5.57 Å². The van der Waals surface area contributed by atoms with E-state index in [2.05, 4.69) is 14.7 Å². The minimum atomic E-state index is -1.13. The molecule has 0 aliphatic carbocycles. The molecule has 0 amide bonds. The van der Waals surface area contributed by atoms with Crippen LogP contribution in [-0.2, 0) is 4.79 Å². The molecule has 1 aliphatic heterocycles. The van der Waals surface area contributed by atoms with E-state index >= 15 is 0 Å². The monoisotopic (exact) mass is 372 g/mol. The Morgan fingerprint density at radius 2 is 1.96 bits per heavy atom. The number of nitro groups is 1. The first-order valence-electron chi connectivity index (χ1n) is 7.77. The number of benzene rings is 1. The van der Waals surface area contributed by atoms with Crippen LogP contribution in [0.1, 0.15) is 36.2 Å². The van der Waals surface area contributed by atoms with E-state index in [0.29, 0.717) is 33.4 Å². The molecule has 1 aromatic heterocycles. The number of aryl methyl sites for hydroxylation is 1. The third-order valence-corrected chi connectivity index (χ3v) is 5.03. The molecule has 1 aliphatic rings. The molecule has 0 bridgehead atoms. The van der Waals surface area contributed by atoms with Crippen molar-refractivity contribution in [2.75, 3.05) is 0 Å². The first-order chi connectivity index (χ1) is 12.3. The van der Waals surface area contributed by atoms with Gasteiger partial charge in [0.2, 0.25) is 0 Å². The highest BCUT2D eigenvalue weighted by molar-refractivity contribution is 7.06. The van der Waals surface area contributed by atoms with Crippen LogP contribution in [0.3, 0.4) is 0 Å². The van der Waals surface area contributed by atoms with Crippen molar-refractivity contribution in [3.63, 3.8) is 0 Å². The van der Waals surface area contributed by atoms with Gasteiger partial charge in [-0.15, -0.1) is 0 Å². The predicted octanol–water partition coefficient (Wildman–Crippen LogP) is 3.23. The Hall–Kier alpha value is -3.07. The fourth-order valence-corrected chi connectivity index (χ4v) is 3.98. The largest absolute Gasteiger partial charge is 0.478 e. The number of carboxylic acids is 1. The van der Waals surface area contributed by atoms with Gasteiger partial charge in [-0.1, -0.05) is 18.2 Å². The summed E-state index contributed by atoms with van der Waals surface area (Å²) in [6, 6.07) is 6.19. The Balaban J connectivity index is 2.32. The number of dihydropyridines is 1. The molecule has 0 radical (unpaired) electrons. The van der Waals surface area contributed by atoms with Gasteiger partial charge in [-0.2, -0.15) is 4.37 Å². The minimum absolute atomic E-state index is 0.0627. The number of aliphatic carboxylic acids is 1. The molecule has 0 spiro atoms. The Labute approximate surface area is 153 Å². The topological polar surface area (TPSA) is 118 Å². The number of nitro benzene ring substituents is 1. The molecular weight excluding hydrogens is 356 g/mol. The van der Waals surface area contributed by atoms with Crippen molar-refractivity contribution in [2.24, 2.45) is 0 Å². The molecule has 2 aromatic rings. The highest BCUT2D eigenvalue weighted by Gasteiger charge is 2.38. The first-order valence-corrected chi connectivity index (χ1v) is 8.54. The average molecular weight is 372 g/mol. The maximum atomic E-state index is 12.0. The van der Waals surface area contributed by atoms with Crippen LogP contribution in [0.2, 0.25) is 0 Å². The standard InChI is InChI=1S/C17H16N4O4S/c1-8-13(16-19-10(3)20-26-16)15(14(17(22)23)9(2)18-8)11-6-4-5-7-12(11)21(24)25/h4-7,15,18H,1-3H3,(H,22,23). The number of para-hydroxylation sites is 1. The van der Waals surface area contributed by atoms with Gasteiger partial charge < -0.3 is 10.4 Å². The maximum Gasteiger partial charge on any atom is 0.334 e. The lowest BCUT2D eigenvalue weighted by Crippen LogP contribution is -2.27. The van der Waals surface area contributed by atoms with Crippen LogP contribution >= 0.6 is 11.5 Å². The van der Waals surface area contributed by atoms with Crippen LogP contribution in [0, 0.1) is 17.0 Å². The van der Waals surface area contributed by atoms with Crippen LogP contribution in [0.4, 0.5) is 5.69 Å². The zero-order valence-corrected chi connectivity index (χ0v) is 15.1. The fourth-order valence-electron chi connectivity index (χ4n) is 3.18. The molecule has 0 fully saturated rings. The smallest absolute Gasteiger partial charge is 0.334 e. The Morgan fingerprint density at radius 3 is 2.54 bits per heavy atom. The Morgan fingerprint density at radius 1 is 1.27 bits per heavy atom. The zero-order valence-electron chi connectivity index (χ0n) is 14.3. The van der Waals surface area contributed by atoms with Gasteiger partial charge in [-0.3, -0.25) is 10.1 Å². The third-order valence-electron chi connectivity index (χ3n) is 4.19. The maximum absolute atomic E-state index is 12.0. The second-order valence-corrected chi connectivity index (χ2v) is 6.66. The Kier molecular flexibility index (Phi) is 4.56. The van der Waals surface area contributed by atoms with Gasteiger partial charge in [-0.05, 0) is 32.3 Å². The van der Waals surface area contributed by atoms with Gasteiger partial charge in [0.25, 0.3) is 5.69 Å². The molecule has 2 heterocycles. The van der Waals surface area contributed by atoms with Crippen molar-refractivity contribution < 1.29 is 14.8 Å². The summed E-state index contributed by atoms with van der Waals surface area (Å²) >= 11 is 1.14. The van der Waals surface area contributed by atoms with E-state index in [0.717, 1.165) is 11.5 Å². The molecule has 134 valence electrons. The number of rotatable bonds is 4. The molecule has 1 atom stereocenters. The predicted molar refractivity (Wildman–Crippen MR) is 96.5 cm³/mol. The van der Waals surface area contributed by atoms with Gasteiger partial charge in [0, 0.05) is 28.6 Å². The molecule has 0 saturated heterocycles. The normalized spacial score (nSPS) is 17.3. The van der Waals surface area contributed by atoms with Gasteiger partial charge in [0.05, 0.1) is 16.4 Å². The molecule has 1 unspecified atom stereocenters. The molecular formula is C17H16N4O4S. The number of nitrogens with one attached hydrogen (secondary N) is 1. The van der Waals surface area contributed by atoms with Crippen molar-refractivity contribution >= 4 is 28.8 Å². The van der Waals surface area contributed by atoms with E-state index in [1.807, 2.05) is 0 Å². The van der Waals surface area contributed by atoms with E-state index in [-0.39, 0.29) is 11.3 Å². The number of nitrogens with zero attached hydrogens (tertiary/aromatic N) is 3. The summed E-state index contributed by atoms with van der Waals surface area (Å²) in [6.07, 6.45) is 0. The number of aromatic nitrogens is 2. The van der Waals surface area contributed by atoms with E-state index in [1.54, 1.807) is 39.0 Å². The summed E-state index contributed by atoms with van der Waals surface area (Å²) in [5.74, 6) is -1.39. The fraction of sp³-hybridized carbons (Fsp3) is 0.235. The number of allylic oxidation sites excluding steroid dienone is 3. The molecule has 0 saturated carbocycles. The van der Waals surface area contributed by atoms with Gasteiger partial charge in [0.15, 0.2) is 0 Å². The quantitative estimate of drug-likeness (QED) is 0.625. The molecule has 1 aromatic carbocycles. The van der Waals surface area contributed by atoms with E-state index < -0.39 is 16.8 Å². The van der Waals surface area contributed by atoms with Crippen molar-refractivity contribution in [1.29, 1.82) is 0 Å². The van der Waals surface area contributed by atoms with Crippen molar-refractivity contribution in [3.05, 3.63) is 67.7 Å². The van der Waals surface area contributed by atoms with Crippen LogP contribution in [0.15, 0.2) is 41.2 Å². The molecule has 26 heavy (non-hydrogen) atoms. The number of carbonyl (C=O) groups is 1. The lowest BCUT2D eigenvalue weighted by atomic mass is 9.80. The summed E-state index contributed by atoms with van der Waals surface area (Å²) in [4.78, 5) is 27.4. The molecule has 2 N–H and O–H groups in total.